The average molecular weight is 285 g/mol. The van der Waals surface area contributed by atoms with Gasteiger partial charge in [0.25, 0.3) is 0 Å². The third kappa shape index (κ3) is 2.55. The van der Waals surface area contributed by atoms with E-state index in [1.54, 1.807) is 7.11 Å². The van der Waals surface area contributed by atoms with Crippen molar-refractivity contribution in [2.75, 3.05) is 25.1 Å². The van der Waals surface area contributed by atoms with Gasteiger partial charge in [0, 0.05) is 37.3 Å². The number of pyridine rings is 1. The van der Waals surface area contributed by atoms with Crippen molar-refractivity contribution in [1.29, 1.82) is 0 Å². The maximum atomic E-state index is 5.44. The number of halogens is 1. The van der Waals surface area contributed by atoms with E-state index < -0.39 is 0 Å². The monoisotopic (exact) mass is 284 g/mol. The first-order valence-corrected chi connectivity index (χ1v) is 6.75. The largest absolute Gasteiger partial charge is 0.380 e. The number of rotatable bonds is 3. The highest BCUT2D eigenvalue weighted by Crippen LogP contribution is 2.24. The summed E-state index contributed by atoms with van der Waals surface area (Å²) in [6.45, 7) is 2.03. The molecular weight excluding hydrogens is 268 g/mol. The summed E-state index contributed by atoms with van der Waals surface area (Å²) in [6, 6.07) is 4.10. The Balaban J connectivity index is 2.16. The minimum absolute atomic E-state index is 0.346. The zero-order chi connectivity index (χ0) is 11.4. The lowest BCUT2D eigenvalue weighted by atomic mass is 10.1. The number of nitrogens with zero attached hydrogens (tertiary/aromatic N) is 2. The van der Waals surface area contributed by atoms with E-state index in [1.807, 2.05) is 12.3 Å². The molecule has 0 amide bonds. The van der Waals surface area contributed by atoms with Gasteiger partial charge in [-0.15, -0.1) is 0 Å². The molecule has 1 unspecified atom stereocenters. The second-order valence-corrected chi connectivity index (χ2v) is 4.63. The molecule has 1 aliphatic heterocycles. The number of methoxy groups -OCH3 is 1. The van der Waals surface area contributed by atoms with Crippen molar-refractivity contribution in [2.24, 2.45) is 0 Å². The van der Waals surface area contributed by atoms with Crippen molar-refractivity contribution >= 4 is 21.7 Å². The van der Waals surface area contributed by atoms with Crippen molar-refractivity contribution < 1.29 is 4.74 Å². The summed E-state index contributed by atoms with van der Waals surface area (Å²) in [4.78, 5) is 6.81. The molecular formula is C12H17BrN2O. The number of ether oxygens (including phenoxy) is 1. The molecule has 1 saturated heterocycles. The summed E-state index contributed by atoms with van der Waals surface area (Å²) < 4.78 is 5.44. The first kappa shape index (κ1) is 11.9. The lowest BCUT2D eigenvalue weighted by Gasteiger charge is -2.33. The zero-order valence-electron chi connectivity index (χ0n) is 9.53. The van der Waals surface area contributed by atoms with E-state index in [0.717, 1.165) is 30.7 Å². The molecule has 1 aromatic heterocycles. The molecule has 4 heteroatoms. The molecule has 0 radical (unpaired) electrons. The molecule has 16 heavy (non-hydrogen) atoms. The second-order valence-electron chi connectivity index (χ2n) is 4.07. The van der Waals surface area contributed by atoms with E-state index in [-0.39, 0.29) is 0 Å². The van der Waals surface area contributed by atoms with Crippen LogP contribution in [0.5, 0.6) is 0 Å². The standard InChI is InChI=1S/C12H17BrN2O/c1-16-11-5-3-7-15(9-11)12-10(8-13)4-2-6-14-12/h2,4,6,11H,3,5,7-9H2,1H3. The summed E-state index contributed by atoms with van der Waals surface area (Å²) in [6.07, 6.45) is 4.54. The quantitative estimate of drug-likeness (QED) is 0.798. The van der Waals surface area contributed by atoms with Gasteiger partial charge in [-0.05, 0) is 18.9 Å². The molecule has 2 heterocycles. The molecule has 1 fully saturated rings. The van der Waals surface area contributed by atoms with E-state index in [2.05, 4.69) is 31.9 Å². The van der Waals surface area contributed by atoms with Gasteiger partial charge in [-0.2, -0.15) is 0 Å². The van der Waals surface area contributed by atoms with Crippen LogP contribution in [0.15, 0.2) is 18.3 Å². The Kier molecular flexibility index (Phi) is 4.18. The fourth-order valence-corrected chi connectivity index (χ4v) is 2.58. The van der Waals surface area contributed by atoms with Gasteiger partial charge in [-0.3, -0.25) is 0 Å². The maximum Gasteiger partial charge on any atom is 0.132 e. The van der Waals surface area contributed by atoms with Gasteiger partial charge in [0.1, 0.15) is 5.82 Å². The predicted molar refractivity (Wildman–Crippen MR) is 69.1 cm³/mol. The van der Waals surface area contributed by atoms with Crippen molar-refractivity contribution in [3.63, 3.8) is 0 Å². The van der Waals surface area contributed by atoms with Crippen LogP contribution < -0.4 is 4.90 Å². The Bertz CT molecular complexity index is 346. The van der Waals surface area contributed by atoms with Gasteiger partial charge in [-0.25, -0.2) is 4.98 Å². The van der Waals surface area contributed by atoms with Crippen LogP contribution >= 0.6 is 15.9 Å². The van der Waals surface area contributed by atoms with Crippen molar-refractivity contribution in [1.82, 2.24) is 4.98 Å². The SMILES string of the molecule is COC1CCCN(c2ncccc2CBr)C1. The van der Waals surface area contributed by atoms with E-state index in [4.69, 9.17) is 4.74 Å². The van der Waals surface area contributed by atoms with Gasteiger partial charge < -0.3 is 9.64 Å². The predicted octanol–water partition coefficient (Wildman–Crippen LogP) is 2.59. The van der Waals surface area contributed by atoms with Gasteiger partial charge >= 0.3 is 0 Å². The fraction of sp³-hybridized carbons (Fsp3) is 0.583. The Morgan fingerprint density at radius 2 is 2.50 bits per heavy atom. The summed E-state index contributed by atoms with van der Waals surface area (Å²) in [7, 11) is 1.79. The van der Waals surface area contributed by atoms with Crippen molar-refractivity contribution in [2.45, 2.75) is 24.3 Å². The Morgan fingerprint density at radius 1 is 1.62 bits per heavy atom. The fourth-order valence-electron chi connectivity index (χ4n) is 2.14. The molecule has 1 aromatic rings. The van der Waals surface area contributed by atoms with Crippen LogP contribution in [0.4, 0.5) is 5.82 Å². The molecule has 0 aromatic carbocycles. The molecule has 2 rings (SSSR count). The first-order valence-electron chi connectivity index (χ1n) is 5.62. The highest BCUT2D eigenvalue weighted by atomic mass is 79.9. The molecule has 0 saturated carbocycles. The number of piperidine rings is 1. The summed E-state index contributed by atoms with van der Waals surface area (Å²) >= 11 is 3.51. The molecule has 0 bridgehead atoms. The van der Waals surface area contributed by atoms with Crippen LogP contribution in [-0.2, 0) is 10.1 Å². The van der Waals surface area contributed by atoms with E-state index in [0.29, 0.717) is 6.10 Å². The van der Waals surface area contributed by atoms with Crippen LogP contribution in [0.1, 0.15) is 18.4 Å². The number of hydrogen-bond acceptors (Lipinski definition) is 3. The van der Waals surface area contributed by atoms with Gasteiger partial charge in [0.05, 0.1) is 6.10 Å². The van der Waals surface area contributed by atoms with Crippen molar-refractivity contribution in [3.05, 3.63) is 23.9 Å². The second kappa shape index (κ2) is 5.64. The van der Waals surface area contributed by atoms with Crippen LogP contribution in [0.25, 0.3) is 0 Å². The molecule has 0 N–H and O–H groups in total. The molecule has 88 valence electrons. The Morgan fingerprint density at radius 3 is 3.25 bits per heavy atom. The Hall–Kier alpha value is -0.610. The lowest BCUT2D eigenvalue weighted by Crippen LogP contribution is -2.40. The number of alkyl halides is 1. The van der Waals surface area contributed by atoms with Crippen LogP contribution in [0, 0.1) is 0 Å². The van der Waals surface area contributed by atoms with E-state index in [9.17, 15) is 0 Å². The van der Waals surface area contributed by atoms with Crippen LogP contribution in [0.2, 0.25) is 0 Å². The third-order valence-corrected chi connectivity index (χ3v) is 3.63. The molecule has 0 aliphatic carbocycles. The third-order valence-electron chi connectivity index (χ3n) is 3.02. The van der Waals surface area contributed by atoms with Crippen LogP contribution in [0.3, 0.4) is 0 Å². The summed E-state index contributed by atoms with van der Waals surface area (Å²) in [5.41, 5.74) is 1.25. The zero-order valence-corrected chi connectivity index (χ0v) is 11.1. The molecule has 1 atom stereocenters. The van der Waals surface area contributed by atoms with Gasteiger partial charge in [0.15, 0.2) is 0 Å². The maximum absolute atomic E-state index is 5.44. The molecule has 0 spiro atoms. The lowest BCUT2D eigenvalue weighted by molar-refractivity contribution is 0.0891. The summed E-state index contributed by atoms with van der Waals surface area (Å²) in [5, 5.41) is 0.852. The summed E-state index contributed by atoms with van der Waals surface area (Å²) in [5.74, 6) is 1.10. The highest BCUT2D eigenvalue weighted by Gasteiger charge is 2.21. The minimum Gasteiger partial charge on any atom is -0.380 e. The first-order chi connectivity index (χ1) is 7.85. The minimum atomic E-state index is 0.346. The molecule has 1 aliphatic rings. The van der Waals surface area contributed by atoms with Gasteiger partial charge in [-0.1, -0.05) is 22.0 Å². The van der Waals surface area contributed by atoms with E-state index in [1.165, 1.54) is 12.0 Å². The number of hydrogen-bond donors (Lipinski definition) is 0. The number of aromatic nitrogens is 1. The van der Waals surface area contributed by atoms with Crippen molar-refractivity contribution in [3.8, 4) is 0 Å². The number of anilines is 1. The topological polar surface area (TPSA) is 25.4 Å². The average Bonchev–Trinajstić information content (AvgIpc) is 2.38. The van der Waals surface area contributed by atoms with Gasteiger partial charge in [0.2, 0.25) is 0 Å². The Labute approximate surface area is 105 Å². The highest BCUT2D eigenvalue weighted by molar-refractivity contribution is 9.08. The smallest absolute Gasteiger partial charge is 0.132 e. The molecule has 3 nitrogen and oxygen atoms in total. The van der Waals surface area contributed by atoms with E-state index >= 15 is 0 Å². The normalized spacial score (nSPS) is 21.1. The van der Waals surface area contributed by atoms with Crippen LogP contribution in [-0.4, -0.2) is 31.3 Å².